The van der Waals surface area contributed by atoms with Crippen LogP contribution in [0.1, 0.15) is 81.1 Å². The van der Waals surface area contributed by atoms with E-state index in [-0.39, 0.29) is 47.6 Å². The van der Waals surface area contributed by atoms with Crippen molar-refractivity contribution in [2.45, 2.75) is 99.2 Å². The number of carbonyl (C=O) groups excluding carboxylic acids is 4. The predicted molar refractivity (Wildman–Crippen MR) is 121 cm³/mol. The Morgan fingerprint density at radius 1 is 1.00 bits per heavy atom. The average Bonchev–Trinajstić information content (AvgIpc) is 2.94. The lowest BCUT2D eigenvalue weighted by Crippen LogP contribution is -2.52. The van der Waals surface area contributed by atoms with Crippen molar-refractivity contribution in [3.63, 3.8) is 0 Å². The van der Waals surface area contributed by atoms with Crippen LogP contribution >= 0.6 is 0 Å². The predicted octanol–water partition coefficient (Wildman–Crippen LogP) is 1.96. The summed E-state index contributed by atoms with van der Waals surface area (Å²) in [5.41, 5.74) is 5.07. The summed E-state index contributed by atoms with van der Waals surface area (Å²) < 4.78 is 0. The summed E-state index contributed by atoms with van der Waals surface area (Å²) in [5.74, 6) is -1.07. The van der Waals surface area contributed by atoms with Crippen LogP contribution in [-0.2, 0) is 19.2 Å². The highest BCUT2D eigenvalue weighted by Crippen LogP contribution is 2.26. The van der Waals surface area contributed by atoms with Gasteiger partial charge in [-0.05, 0) is 29.6 Å². The maximum absolute atomic E-state index is 13.1. The molecule has 0 aromatic heterocycles. The molecule has 1 aliphatic heterocycles. The van der Waals surface area contributed by atoms with E-state index in [2.05, 4.69) is 10.6 Å². The van der Waals surface area contributed by atoms with Gasteiger partial charge in [0.15, 0.2) is 0 Å². The first-order valence-electron chi connectivity index (χ1n) is 11.2. The summed E-state index contributed by atoms with van der Waals surface area (Å²) in [7, 11) is 0. The third-order valence-electron chi connectivity index (χ3n) is 5.03. The van der Waals surface area contributed by atoms with Crippen LogP contribution in [-0.4, -0.2) is 53.2 Å². The molecule has 0 bridgehead atoms. The van der Waals surface area contributed by atoms with Gasteiger partial charge in [-0.2, -0.15) is 0 Å². The van der Waals surface area contributed by atoms with Gasteiger partial charge >= 0.3 is 0 Å². The van der Waals surface area contributed by atoms with Crippen LogP contribution < -0.4 is 16.4 Å². The van der Waals surface area contributed by atoms with Crippen LogP contribution in [0.5, 0.6) is 0 Å². The van der Waals surface area contributed by atoms with E-state index in [1.165, 1.54) is 4.90 Å². The van der Waals surface area contributed by atoms with E-state index in [0.29, 0.717) is 19.3 Å². The minimum atomic E-state index is -0.790. The molecule has 1 fully saturated rings. The first-order valence-corrected chi connectivity index (χ1v) is 11.2. The maximum Gasteiger partial charge on any atom is 0.243 e. The molecule has 0 aromatic carbocycles. The lowest BCUT2D eigenvalue weighted by atomic mass is 9.91. The van der Waals surface area contributed by atoms with Crippen LogP contribution in [0.3, 0.4) is 0 Å². The first-order chi connectivity index (χ1) is 14.0. The molecule has 1 heterocycles. The number of hydrogen-bond acceptors (Lipinski definition) is 4. The Morgan fingerprint density at radius 2 is 1.55 bits per heavy atom. The lowest BCUT2D eigenvalue weighted by Gasteiger charge is -2.28. The molecule has 178 valence electrons. The number of primary amides is 1. The molecular weight excluding hydrogens is 396 g/mol. The molecule has 0 aromatic rings. The van der Waals surface area contributed by atoms with Crippen LogP contribution in [0, 0.1) is 16.7 Å². The van der Waals surface area contributed by atoms with Gasteiger partial charge in [-0.25, -0.2) is 0 Å². The number of likely N-dealkylation sites (tertiary alicyclic amines) is 1. The average molecular weight is 439 g/mol. The van der Waals surface area contributed by atoms with Crippen molar-refractivity contribution in [3.8, 4) is 0 Å². The fraction of sp³-hybridized carbons (Fsp3) is 0.826. The minimum absolute atomic E-state index is 0.100. The summed E-state index contributed by atoms with van der Waals surface area (Å²) >= 11 is 0. The summed E-state index contributed by atoms with van der Waals surface area (Å²) in [6, 6.07) is -1.85. The second kappa shape index (κ2) is 10.5. The Balaban J connectivity index is 2.99. The normalized spacial score (nSPS) is 20.5. The summed E-state index contributed by atoms with van der Waals surface area (Å²) in [6.45, 7) is 16.0. The molecule has 1 saturated heterocycles. The number of nitrogens with two attached hydrogens (primary N) is 1. The van der Waals surface area contributed by atoms with Gasteiger partial charge in [0.25, 0.3) is 0 Å². The smallest absolute Gasteiger partial charge is 0.243 e. The molecule has 0 spiro atoms. The second-order valence-electron chi connectivity index (χ2n) is 11.6. The Hall–Kier alpha value is -2.12. The fourth-order valence-corrected chi connectivity index (χ4v) is 3.77. The molecule has 1 rings (SSSR count). The zero-order valence-corrected chi connectivity index (χ0v) is 20.5. The zero-order chi connectivity index (χ0) is 24.1. The highest BCUT2D eigenvalue weighted by atomic mass is 16.2. The van der Waals surface area contributed by atoms with E-state index < -0.39 is 23.9 Å². The van der Waals surface area contributed by atoms with Gasteiger partial charge in [-0.1, -0.05) is 55.4 Å². The summed E-state index contributed by atoms with van der Waals surface area (Å²) in [4.78, 5) is 51.8. The third kappa shape index (κ3) is 9.70. The Morgan fingerprint density at radius 3 is 2.00 bits per heavy atom. The highest BCUT2D eigenvalue weighted by Gasteiger charge is 2.41. The molecule has 3 atom stereocenters. The van der Waals surface area contributed by atoms with Crippen LogP contribution in [0.4, 0.5) is 0 Å². The van der Waals surface area contributed by atoms with Crippen molar-refractivity contribution in [3.05, 3.63) is 0 Å². The number of nitrogens with one attached hydrogen (secondary N) is 2. The monoisotopic (exact) mass is 438 g/mol. The lowest BCUT2D eigenvalue weighted by molar-refractivity contribution is -0.140. The molecular formula is C23H42N4O4. The molecule has 3 unspecified atom stereocenters. The second-order valence-corrected chi connectivity index (χ2v) is 11.6. The van der Waals surface area contributed by atoms with Crippen molar-refractivity contribution in [2.75, 3.05) is 6.54 Å². The molecule has 8 nitrogen and oxygen atoms in total. The molecule has 0 saturated carbocycles. The van der Waals surface area contributed by atoms with Gasteiger partial charge in [0.05, 0.1) is 0 Å². The van der Waals surface area contributed by atoms with Crippen LogP contribution in [0.15, 0.2) is 0 Å². The molecule has 1 aliphatic rings. The molecule has 0 aliphatic carbocycles. The highest BCUT2D eigenvalue weighted by molar-refractivity contribution is 5.92. The standard InChI is InChI=1S/C23H42N4O4/c1-14(2)9-16(20(24)30)26-21(31)17-10-15(25-18(28)11-22(3,4)5)13-27(17)19(29)12-23(6,7)8/h14-17H,9-13H2,1-8H3,(H2,24,30)(H,25,28)(H,26,31). The zero-order valence-electron chi connectivity index (χ0n) is 20.5. The molecule has 31 heavy (non-hydrogen) atoms. The number of amides is 4. The number of carbonyl (C=O) groups is 4. The van der Waals surface area contributed by atoms with Gasteiger partial charge in [-0.3, -0.25) is 19.2 Å². The van der Waals surface area contributed by atoms with Crippen LogP contribution in [0.2, 0.25) is 0 Å². The minimum Gasteiger partial charge on any atom is -0.368 e. The van der Waals surface area contributed by atoms with Crippen molar-refractivity contribution in [1.29, 1.82) is 0 Å². The van der Waals surface area contributed by atoms with E-state index in [9.17, 15) is 19.2 Å². The number of nitrogens with zero attached hydrogens (tertiary/aromatic N) is 1. The van der Waals surface area contributed by atoms with Gasteiger partial charge in [-0.15, -0.1) is 0 Å². The van der Waals surface area contributed by atoms with E-state index in [0.717, 1.165) is 0 Å². The van der Waals surface area contributed by atoms with Crippen molar-refractivity contribution >= 4 is 23.6 Å². The first kappa shape index (κ1) is 26.9. The third-order valence-corrected chi connectivity index (χ3v) is 5.03. The van der Waals surface area contributed by atoms with Gasteiger partial charge in [0.2, 0.25) is 23.6 Å². The van der Waals surface area contributed by atoms with Gasteiger partial charge in [0.1, 0.15) is 12.1 Å². The summed E-state index contributed by atoms with van der Waals surface area (Å²) in [6.07, 6.45) is 1.37. The Kier molecular flexibility index (Phi) is 9.08. The fourth-order valence-electron chi connectivity index (χ4n) is 3.77. The molecule has 4 N–H and O–H groups in total. The van der Waals surface area contributed by atoms with Gasteiger partial charge in [0, 0.05) is 25.4 Å². The summed E-state index contributed by atoms with van der Waals surface area (Å²) in [5, 5.41) is 5.70. The Bertz CT molecular complexity index is 676. The SMILES string of the molecule is CC(C)CC(NC(=O)C1CC(NC(=O)CC(C)(C)C)CN1C(=O)CC(C)(C)C)C(N)=O. The topological polar surface area (TPSA) is 122 Å². The Labute approximate surface area is 187 Å². The van der Waals surface area contributed by atoms with E-state index in [1.54, 1.807) is 0 Å². The van der Waals surface area contributed by atoms with Crippen molar-refractivity contribution in [1.82, 2.24) is 15.5 Å². The van der Waals surface area contributed by atoms with E-state index in [1.807, 2.05) is 55.4 Å². The quantitative estimate of drug-likeness (QED) is 0.536. The molecule has 0 radical (unpaired) electrons. The number of hydrogen-bond donors (Lipinski definition) is 3. The van der Waals surface area contributed by atoms with Crippen molar-refractivity contribution in [2.24, 2.45) is 22.5 Å². The van der Waals surface area contributed by atoms with E-state index >= 15 is 0 Å². The van der Waals surface area contributed by atoms with E-state index in [4.69, 9.17) is 5.73 Å². The maximum atomic E-state index is 13.1. The van der Waals surface area contributed by atoms with Crippen molar-refractivity contribution < 1.29 is 19.2 Å². The molecule has 8 heteroatoms. The number of rotatable bonds is 8. The van der Waals surface area contributed by atoms with Gasteiger partial charge < -0.3 is 21.3 Å². The largest absolute Gasteiger partial charge is 0.368 e. The van der Waals surface area contributed by atoms with Crippen LogP contribution in [0.25, 0.3) is 0 Å². The molecule has 4 amide bonds.